The first-order valence-corrected chi connectivity index (χ1v) is 18.6. The molecule has 0 bridgehead atoms. The number of benzene rings is 8. The molecular weight excluding hydrogens is 639 g/mol. The van der Waals surface area contributed by atoms with E-state index in [2.05, 4.69) is 201 Å². The number of anilines is 2. The van der Waals surface area contributed by atoms with E-state index < -0.39 is 0 Å². The Labute approximate surface area is 310 Å². The van der Waals surface area contributed by atoms with Crippen molar-refractivity contribution in [3.8, 4) is 16.8 Å². The molecule has 2 nitrogen and oxygen atoms in total. The van der Waals surface area contributed by atoms with Crippen LogP contribution in [0.1, 0.15) is 47.6 Å². The number of nitrogens with one attached hydrogen (secondary N) is 1. The minimum absolute atomic E-state index is 0.00585. The van der Waals surface area contributed by atoms with E-state index in [4.69, 9.17) is 0 Å². The minimum atomic E-state index is -0.184. The summed E-state index contributed by atoms with van der Waals surface area (Å²) in [6.07, 6.45) is 0. The number of aromatic nitrogens is 1. The van der Waals surface area contributed by atoms with Crippen molar-refractivity contribution in [2.24, 2.45) is 0 Å². The van der Waals surface area contributed by atoms with Crippen LogP contribution in [0.2, 0.25) is 0 Å². The van der Waals surface area contributed by atoms with E-state index in [9.17, 15) is 0 Å². The Balaban J connectivity index is 1.37. The van der Waals surface area contributed by atoms with Gasteiger partial charge in [-0.05, 0) is 79.9 Å². The number of hydrogen-bond donors (Lipinski definition) is 1. The third-order valence-corrected chi connectivity index (χ3v) is 11.9. The fourth-order valence-corrected chi connectivity index (χ4v) is 9.51. The van der Waals surface area contributed by atoms with E-state index in [1.54, 1.807) is 0 Å². The molecule has 0 saturated heterocycles. The van der Waals surface area contributed by atoms with Crippen molar-refractivity contribution in [3.63, 3.8) is 0 Å². The Morgan fingerprint density at radius 1 is 0.566 bits per heavy atom. The average Bonchev–Trinajstić information content (AvgIpc) is 3.57. The van der Waals surface area contributed by atoms with E-state index in [0.717, 1.165) is 11.4 Å². The normalized spacial score (nSPS) is 13.6. The van der Waals surface area contributed by atoms with Crippen molar-refractivity contribution in [2.75, 3.05) is 5.32 Å². The predicted molar refractivity (Wildman–Crippen MR) is 224 cm³/mol. The molecule has 53 heavy (non-hydrogen) atoms. The standard InChI is InChI=1S/C50H36BN2/c1-50(2)39-26-16-27-41-47(39)53-48-40(50)29-33-21-12-13-24-35(33)44(48)45-38(43(31-17-6-3-7-18-31)32-19-8-4-9-20-32)30-37(46(51-41)49(45)53)36-25-14-15-28-42(36)52-34-22-10-5-11-23-34/h3-30,43,52H,1-2H3. The van der Waals surface area contributed by atoms with Gasteiger partial charge in [0.25, 0.3) is 0 Å². The van der Waals surface area contributed by atoms with Gasteiger partial charge in [0.15, 0.2) is 7.28 Å². The summed E-state index contributed by atoms with van der Waals surface area (Å²) < 4.78 is 2.66. The van der Waals surface area contributed by atoms with Gasteiger partial charge in [-0.1, -0.05) is 159 Å². The summed E-state index contributed by atoms with van der Waals surface area (Å²) in [4.78, 5) is 0. The minimum Gasteiger partial charge on any atom is -0.355 e. The Hall–Kier alpha value is -6.32. The van der Waals surface area contributed by atoms with Gasteiger partial charge in [0.1, 0.15) is 0 Å². The Morgan fingerprint density at radius 2 is 1.23 bits per heavy atom. The quantitative estimate of drug-likeness (QED) is 0.137. The lowest BCUT2D eigenvalue weighted by Crippen LogP contribution is -2.41. The number of nitrogens with zero attached hydrogens (tertiary/aromatic N) is 1. The molecule has 0 fully saturated rings. The highest BCUT2D eigenvalue weighted by molar-refractivity contribution is 6.73. The topological polar surface area (TPSA) is 17.0 Å². The first kappa shape index (κ1) is 30.3. The van der Waals surface area contributed by atoms with Crippen molar-refractivity contribution in [2.45, 2.75) is 25.2 Å². The zero-order chi connectivity index (χ0) is 35.3. The van der Waals surface area contributed by atoms with E-state index in [-0.39, 0.29) is 11.3 Å². The van der Waals surface area contributed by atoms with Gasteiger partial charge in [-0.3, -0.25) is 0 Å². The van der Waals surface area contributed by atoms with Gasteiger partial charge in [0.05, 0.1) is 5.52 Å². The molecule has 2 aliphatic heterocycles. The van der Waals surface area contributed by atoms with Crippen LogP contribution in [0.25, 0.3) is 49.4 Å². The molecule has 0 saturated carbocycles. The summed E-state index contributed by atoms with van der Waals surface area (Å²) in [5, 5.41) is 9.08. The molecule has 3 heteroatoms. The summed E-state index contributed by atoms with van der Waals surface area (Å²) in [7, 11) is 2.47. The molecule has 249 valence electrons. The highest BCUT2D eigenvalue weighted by Gasteiger charge is 2.41. The number of hydrogen-bond acceptors (Lipinski definition) is 1. The number of fused-ring (bicyclic) bond motifs is 3. The highest BCUT2D eigenvalue weighted by atomic mass is 15.0. The molecule has 1 N–H and O–H groups in total. The monoisotopic (exact) mass is 675 g/mol. The van der Waals surface area contributed by atoms with Crippen LogP contribution < -0.4 is 16.2 Å². The maximum absolute atomic E-state index is 3.79. The molecule has 11 rings (SSSR count). The van der Waals surface area contributed by atoms with Crippen LogP contribution in [0, 0.1) is 0 Å². The van der Waals surface area contributed by atoms with Gasteiger partial charge in [-0.15, -0.1) is 0 Å². The molecule has 1 aromatic heterocycles. The maximum Gasteiger partial charge on any atom is 0.197 e. The molecule has 0 aliphatic carbocycles. The molecule has 1 radical (unpaired) electrons. The van der Waals surface area contributed by atoms with Crippen molar-refractivity contribution in [1.29, 1.82) is 0 Å². The molecule has 2 aliphatic rings. The molecule has 0 unspecified atom stereocenters. The van der Waals surface area contributed by atoms with Gasteiger partial charge < -0.3 is 9.88 Å². The third kappa shape index (κ3) is 4.34. The zero-order valence-corrected chi connectivity index (χ0v) is 29.8. The SMILES string of the molecule is CC1(C)c2cccc3c2-n2c4c(c(-c5ccccc5Nc5ccccc5)cc(C(c5ccccc5)c5ccccc5)c4c4c5ccccc5cc1c42)[B]3. The van der Waals surface area contributed by atoms with Crippen molar-refractivity contribution in [3.05, 3.63) is 198 Å². The zero-order valence-electron chi connectivity index (χ0n) is 29.8. The lowest BCUT2D eigenvalue weighted by molar-refractivity contribution is 0.632. The summed E-state index contributed by atoms with van der Waals surface area (Å²) >= 11 is 0. The van der Waals surface area contributed by atoms with E-state index in [1.165, 1.54) is 88.1 Å². The van der Waals surface area contributed by atoms with Gasteiger partial charge in [-0.2, -0.15) is 0 Å². The predicted octanol–water partition coefficient (Wildman–Crippen LogP) is 11.1. The molecule has 8 aromatic carbocycles. The van der Waals surface area contributed by atoms with Crippen LogP contribution in [0.4, 0.5) is 11.4 Å². The molecule has 0 spiro atoms. The first-order chi connectivity index (χ1) is 26.1. The summed E-state index contributed by atoms with van der Waals surface area (Å²) in [5.41, 5.74) is 17.5. The average molecular weight is 676 g/mol. The Bertz CT molecular complexity index is 2870. The molecule has 0 atom stereocenters. The molecule has 9 aromatic rings. The van der Waals surface area contributed by atoms with E-state index in [0.29, 0.717) is 0 Å². The lowest BCUT2D eigenvalue weighted by Gasteiger charge is -2.38. The van der Waals surface area contributed by atoms with Crippen LogP contribution in [0.3, 0.4) is 0 Å². The Morgan fingerprint density at radius 3 is 1.98 bits per heavy atom. The van der Waals surface area contributed by atoms with Crippen LogP contribution in [-0.4, -0.2) is 11.8 Å². The molecular formula is C50H36BN2. The third-order valence-electron chi connectivity index (χ3n) is 11.9. The second-order valence-corrected chi connectivity index (χ2v) is 15.2. The van der Waals surface area contributed by atoms with Crippen molar-refractivity contribution >= 4 is 62.2 Å². The number of rotatable bonds is 6. The van der Waals surface area contributed by atoms with Gasteiger partial charge in [-0.25, -0.2) is 0 Å². The van der Waals surface area contributed by atoms with Crippen LogP contribution in [0.5, 0.6) is 0 Å². The maximum atomic E-state index is 3.79. The van der Waals surface area contributed by atoms with Crippen LogP contribution >= 0.6 is 0 Å². The smallest absolute Gasteiger partial charge is 0.197 e. The first-order valence-electron chi connectivity index (χ1n) is 18.6. The molecule has 0 amide bonds. The van der Waals surface area contributed by atoms with Gasteiger partial charge >= 0.3 is 0 Å². The largest absolute Gasteiger partial charge is 0.355 e. The van der Waals surface area contributed by atoms with Crippen molar-refractivity contribution < 1.29 is 0 Å². The second kappa shape index (κ2) is 11.3. The fraction of sp³-hybridized carbons (Fsp3) is 0.0800. The summed E-state index contributed by atoms with van der Waals surface area (Å²) in [6.45, 7) is 4.83. The molecule has 3 heterocycles. The fourth-order valence-electron chi connectivity index (χ4n) is 9.51. The van der Waals surface area contributed by atoms with E-state index >= 15 is 0 Å². The van der Waals surface area contributed by atoms with E-state index in [1.807, 2.05) is 0 Å². The second-order valence-electron chi connectivity index (χ2n) is 15.2. The van der Waals surface area contributed by atoms with Gasteiger partial charge in [0, 0.05) is 50.2 Å². The summed E-state index contributed by atoms with van der Waals surface area (Å²) in [5.74, 6) is 0.00585. The van der Waals surface area contributed by atoms with Gasteiger partial charge in [0.2, 0.25) is 0 Å². The van der Waals surface area contributed by atoms with Crippen LogP contribution in [0.15, 0.2) is 170 Å². The summed E-state index contributed by atoms with van der Waals surface area (Å²) in [6, 6.07) is 62.5. The van der Waals surface area contributed by atoms with Crippen LogP contribution in [-0.2, 0) is 5.41 Å². The van der Waals surface area contributed by atoms with Crippen molar-refractivity contribution in [1.82, 2.24) is 4.57 Å². The number of para-hydroxylation sites is 3. The highest BCUT2D eigenvalue weighted by Crippen LogP contribution is 2.52. The lowest BCUT2D eigenvalue weighted by atomic mass is 9.57. The Kier molecular flexibility index (Phi) is 6.49.